The van der Waals surface area contributed by atoms with E-state index in [1.807, 2.05) is 0 Å². The van der Waals surface area contributed by atoms with Crippen LogP contribution in [0.25, 0.3) is 22.2 Å². The zero-order valence-electron chi connectivity index (χ0n) is 12.6. The summed E-state index contributed by atoms with van der Waals surface area (Å²) in [5.41, 5.74) is 7.65. The lowest BCUT2D eigenvalue weighted by Crippen LogP contribution is -1.97. The molecule has 0 amide bonds. The van der Waals surface area contributed by atoms with Crippen LogP contribution in [0.1, 0.15) is 35.4 Å². The number of rotatable bonds is 2. The standard InChI is InChI=1S/C20H19N/c1-13-14(2)19(16-7-4-3-5-8-16)21-20-17(13)9-6-10-18(20)15-11-12-15/h3-10,15H,11-12H2,1-2H3. The van der Waals surface area contributed by atoms with Crippen LogP contribution in [0.5, 0.6) is 0 Å². The molecule has 0 saturated heterocycles. The number of fused-ring (bicyclic) bond motifs is 1. The van der Waals surface area contributed by atoms with E-state index in [-0.39, 0.29) is 0 Å². The van der Waals surface area contributed by atoms with Gasteiger partial charge in [-0.1, -0.05) is 48.5 Å². The first-order valence-corrected chi connectivity index (χ1v) is 7.71. The van der Waals surface area contributed by atoms with Gasteiger partial charge in [0.15, 0.2) is 0 Å². The Hall–Kier alpha value is -2.15. The largest absolute Gasteiger partial charge is 0.247 e. The predicted octanol–water partition coefficient (Wildman–Crippen LogP) is 5.40. The Labute approximate surface area is 125 Å². The van der Waals surface area contributed by atoms with Gasteiger partial charge >= 0.3 is 0 Å². The van der Waals surface area contributed by atoms with Gasteiger partial charge in [0.1, 0.15) is 0 Å². The van der Waals surface area contributed by atoms with Gasteiger partial charge in [0, 0.05) is 10.9 Å². The van der Waals surface area contributed by atoms with E-state index in [1.54, 1.807) is 0 Å². The molecule has 4 rings (SSSR count). The Balaban J connectivity index is 2.04. The van der Waals surface area contributed by atoms with Crippen molar-refractivity contribution in [3.05, 3.63) is 65.2 Å². The van der Waals surface area contributed by atoms with Crippen LogP contribution in [-0.4, -0.2) is 4.98 Å². The normalized spacial score (nSPS) is 14.6. The summed E-state index contributed by atoms with van der Waals surface area (Å²) in [6, 6.07) is 17.2. The van der Waals surface area contributed by atoms with Crippen molar-refractivity contribution in [3.8, 4) is 11.3 Å². The Morgan fingerprint density at radius 3 is 2.33 bits per heavy atom. The molecular formula is C20H19N. The van der Waals surface area contributed by atoms with Crippen LogP contribution in [0.2, 0.25) is 0 Å². The van der Waals surface area contributed by atoms with Gasteiger partial charge in [0.2, 0.25) is 0 Å². The van der Waals surface area contributed by atoms with Gasteiger partial charge < -0.3 is 0 Å². The lowest BCUT2D eigenvalue weighted by Gasteiger charge is -2.14. The van der Waals surface area contributed by atoms with Crippen molar-refractivity contribution in [3.63, 3.8) is 0 Å². The molecule has 1 aromatic heterocycles. The fourth-order valence-corrected chi connectivity index (χ4v) is 3.16. The molecule has 21 heavy (non-hydrogen) atoms. The summed E-state index contributed by atoms with van der Waals surface area (Å²) in [6.45, 7) is 4.41. The zero-order chi connectivity index (χ0) is 14.4. The van der Waals surface area contributed by atoms with E-state index in [1.165, 1.54) is 46.0 Å². The van der Waals surface area contributed by atoms with Crippen molar-refractivity contribution in [1.82, 2.24) is 4.98 Å². The third kappa shape index (κ3) is 2.04. The number of hydrogen-bond donors (Lipinski definition) is 0. The topological polar surface area (TPSA) is 12.9 Å². The number of hydrogen-bond acceptors (Lipinski definition) is 1. The van der Waals surface area contributed by atoms with E-state index >= 15 is 0 Å². The fourth-order valence-electron chi connectivity index (χ4n) is 3.16. The maximum Gasteiger partial charge on any atom is 0.0747 e. The molecular weight excluding hydrogens is 254 g/mol. The summed E-state index contributed by atoms with van der Waals surface area (Å²) < 4.78 is 0. The molecule has 0 radical (unpaired) electrons. The first-order valence-electron chi connectivity index (χ1n) is 7.71. The first kappa shape index (κ1) is 12.6. The molecule has 0 atom stereocenters. The van der Waals surface area contributed by atoms with Crippen LogP contribution in [0.15, 0.2) is 48.5 Å². The van der Waals surface area contributed by atoms with E-state index in [2.05, 4.69) is 62.4 Å². The molecule has 1 aliphatic carbocycles. The first-order chi connectivity index (χ1) is 10.3. The van der Waals surface area contributed by atoms with Gasteiger partial charge in [-0.2, -0.15) is 0 Å². The van der Waals surface area contributed by atoms with Crippen LogP contribution in [0, 0.1) is 13.8 Å². The van der Waals surface area contributed by atoms with Crippen LogP contribution >= 0.6 is 0 Å². The predicted molar refractivity (Wildman–Crippen MR) is 88.6 cm³/mol. The molecule has 0 unspecified atom stereocenters. The Bertz CT molecular complexity index is 814. The maximum absolute atomic E-state index is 5.07. The second kappa shape index (κ2) is 4.70. The van der Waals surface area contributed by atoms with Crippen molar-refractivity contribution in [2.45, 2.75) is 32.6 Å². The molecule has 1 heteroatoms. The minimum Gasteiger partial charge on any atom is -0.247 e. The number of benzene rings is 2. The average molecular weight is 273 g/mol. The number of pyridine rings is 1. The van der Waals surface area contributed by atoms with Crippen LogP contribution in [0.4, 0.5) is 0 Å². The highest BCUT2D eigenvalue weighted by Gasteiger charge is 2.26. The Morgan fingerprint density at radius 2 is 1.62 bits per heavy atom. The van der Waals surface area contributed by atoms with Crippen molar-refractivity contribution in [2.75, 3.05) is 0 Å². The highest BCUT2D eigenvalue weighted by molar-refractivity contribution is 5.89. The molecule has 1 aliphatic rings. The lowest BCUT2D eigenvalue weighted by atomic mass is 9.96. The number of para-hydroxylation sites is 1. The molecule has 1 nitrogen and oxygen atoms in total. The van der Waals surface area contributed by atoms with Gasteiger partial charge in [-0.05, 0) is 49.3 Å². The van der Waals surface area contributed by atoms with Gasteiger partial charge in [-0.25, -0.2) is 4.98 Å². The summed E-state index contributed by atoms with van der Waals surface area (Å²) in [7, 11) is 0. The second-order valence-corrected chi connectivity index (χ2v) is 6.09. The third-order valence-electron chi connectivity index (χ3n) is 4.68. The van der Waals surface area contributed by atoms with Gasteiger partial charge in [0.25, 0.3) is 0 Å². The van der Waals surface area contributed by atoms with E-state index in [4.69, 9.17) is 4.98 Å². The second-order valence-electron chi connectivity index (χ2n) is 6.09. The quantitative estimate of drug-likeness (QED) is 0.609. The van der Waals surface area contributed by atoms with Gasteiger partial charge in [0.05, 0.1) is 11.2 Å². The molecule has 0 bridgehead atoms. The third-order valence-corrected chi connectivity index (χ3v) is 4.68. The van der Waals surface area contributed by atoms with Crippen LogP contribution in [-0.2, 0) is 0 Å². The molecule has 0 spiro atoms. The van der Waals surface area contributed by atoms with E-state index in [0.29, 0.717) is 0 Å². The zero-order valence-corrected chi connectivity index (χ0v) is 12.6. The Kier molecular flexibility index (Phi) is 2.81. The van der Waals surface area contributed by atoms with Crippen molar-refractivity contribution in [2.24, 2.45) is 0 Å². The summed E-state index contributed by atoms with van der Waals surface area (Å²) in [5, 5.41) is 1.32. The number of aryl methyl sites for hydroxylation is 1. The minimum absolute atomic E-state index is 0.729. The monoisotopic (exact) mass is 273 g/mol. The summed E-state index contributed by atoms with van der Waals surface area (Å²) >= 11 is 0. The van der Waals surface area contributed by atoms with Crippen LogP contribution < -0.4 is 0 Å². The minimum atomic E-state index is 0.729. The van der Waals surface area contributed by atoms with E-state index in [9.17, 15) is 0 Å². The van der Waals surface area contributed by atoms with Crippen molar-refractivity contribution < 1.29 is 0 Å². The fraction of sp³-hybridized carbons (Fsp3) is 0.250. The molecule has 1 fully saturated rings. The van der Waals surface area contributed by atoms with Crippen molar-refractivity contribution in [1.29, 1.82) is 0 Å². The van der Waals surface area contributed by atoms with E-state index in [0.717, 1.165) is 11.6 Å². The molecule has 0 aliphatic heterocycles. The lowest BCUT2D eigenvalue weighted by molar-refractivity contribution is 1.13. The summed E-state index contributed by atoms with van der Waals surface area (Å²) in [4.78, 5) is 5.07. The highest BCUT2D eigenvalue weighted by Crippen LogP contribution is 2.43. The SMILES string of the molecule is Cc1c(-c2ccccc2)nc2c(C3CC3)cccc2c1C. The number of aromatic nitrogens is 1. The van der Waals surface area contributed by atoms with Crippen molar-refractivity contribution >= 4 is 10.9 Å². The van der Waals surface area contributed by atoms with Gasteiger partial charge in [-0.3, -0.25) is 0 Å². The molecule has 1 saturated carbocycles. The smallest absolute Gasteiger partial charge is 0.0747 e. The van der Waals surface area contributed by atoms with Gasteiger partial charge in [-0.15, -0.1) is 0 Å². The summed E-state index contributed by atoms with van der Waals surface area (Å²) in [6.07, 6.45) is 2.63. The van der Waals surface area contributed by atoms with E-state index < -0.39 is 0 Å². The average Bonchev–Trinajstić information content (AvgIpc) is 3.36. The molecule has 0 N–H and O–H groups in total. The highest BCUT2D eigenvalue weighted by atomic mass is 14.7. The maximum atomic E-state index is 5.07. The molecule has 104 valence electrons. The van der Waals surface area contributed by atoms with Crippen LogP contribution in [0.3, 0.4) is 0 Å². The molecule has 1 heterocycles. The molecule has 3 aromatic rings. The molecule has 2 aromatic carbocycles. The Morgan fingerprint density at radius 1 is 0.857 bits per heavy atom. The summed E-state index contributed by atoms with van der Waals surface area (Å²) in [5.74, 6) is 0.729. The number of nitrogens with zero attached hydrogens (tertiary/aromatic N) is 1.